The quantitative estimate of drug-likeness (QED) is 0.856. The fraction of sp³-hybridized carbons (Fsp3) is 0.412. The van der Waals surface area contributed by atoms with Crippen molar-refractivity contribution in [1.29, 1.82) is 0 Å². The number of benzene rings is 1. The van der Waals surface area contributed by atoms with Crippen LogP contribution in [0.3, 0.4) is 0 Å². The summed E-state index contributed by atoms with van der Waals surface area (Å²) >= 11 is 1.54. The summed E-state index contributed by atoms with van der Waals surface area (Å²) in [5.41, 5.74) is 7.70. The van der Waals surface area contributed by atoms with Crippen molar-refractivity contribution in [2.75, 3.05) is 18.8 Å². The van der Waals surface area contributed by atoms with Gasteiger partial charge in [-0.25, -0.2) is 4.98 Å². The summed E-state index contributed by atoms with van der Waals surface area (Å²) in [5, 5.41) is 0.624. The number of nitrogens with two attached hydrogens (primary N) is 1. The lowest BCUT2D eigenvalue weighted by Crippen LogP contribution is -2.35. The number of hydrogen-bond acceptors (Lipinski definition) is 5. The second-order valence-corrected chi connectivity index (χ2v) is 7.09. The molecule has 1 fully saturated rings. The number of Topliss-reactive ketones (excluding diaryl/α,β-unsaturated/α-hetero) is 1. The van der Waals surface area contributed by atoms with Gasteiger partial charge in [0, 0.05) is 29.1 Å². The van der Waals surface area contributed by atoms with Crippen molar-refractivity contribution in [3.05, 3.63) is 46.5 Å². The molecule has 1 aliphatic heterocycles. The summed E-state index contributed by atoms with van der Waals surface area (Å²) in [7, 11) is 0. The van der Waals surface area contributed by atoms with E-state index in [1.807, 2.05) is 37.4 Å². The normalized spacial score (nSPS) is 16.0. The summed E-state index contributed by atoms with van der Waals surface area (Å²) in [5.74, 6) is 0.451. The van der Waals surface area contributed by atoms with E-state index in [2.05, 4.69) is 9.88 Å². The first kappa shape index (κ1) is 17.9. The number of ketones is 1. The van der Waals surface area contributed by atoms with E-state index in [-0.39, 0.29) is 18.3 Å². The van der Waals surface area contributed by atoms with Crippen molar-refractivity contribution in [2.45, 2.75) is 26.3 Å². The van der Waals surface area contributed by atoms with E-state index < -0.39 is 0 Å². The fourth-order valence-corrected chi connectivity index (χ4v) is 3.65. The van der Waals surface area contributed by atoms with Gasteiger partial charge in [-0.15, -0.1) is 23.7 Å². The molecule has 2 N–H and O–H groups in total. The van der Waals surface area contributed by atoms with Crippen molar-refractivity contribution in [3.8, 4) is 0 Å². The van der Waals surface area contributed by atoms with Gasteiger partial charge in [0.25, 0.3) is 0 Å². The van der Waals surface area contributed by atoms with E-state index in [4.69, 9.17) is 5.73 Å². The number of rotatable bonds is 4. The number of aromatic nitrogens is 1. The lowest BCUT2D eigenvalue weighted by molar-refractivity contribution is 0.0835. The van der Waals surface area contributed by atoms with Gasteiger partial charge < -0.3 is 5.73 Å². The van der Waals surface area contributed by atoms with Gasteiger partial charge in [0.05, 0.1) is 0 Å². The first-order valence-corrected chi connectivity index (χ1v) is 8.47. The number of hydrogen-bond donors (Lipinski definition) is 1. The van der Waals surface area contributed by atoms with E-state index in [1.165, 1.54) is 10.4 Å². The maximum Gasteiger partial charge on any atom is 0.180 e. The zero-order valence-corrected chi connectivity index (χ0v) is 14.8. The molecule has 0 unspecified atom stereocenters. The van der Waals surface area contributed by atoms with E-state index in [0.29, 0.717) is 10.9 Å². The molecule has 0 radical (unpaired) electrons. The molecule has 0 spiro atoms. The molecule has 0 saturated carbocycles. The number of halogens is 1. The Balaban J connectivity index is 0.00000192. The van der Waals surface area contributed by atoms with Crippen LogP contribution in [0, 0.1) is 12.8 Å². The Morgan fingerprint density at radius 1 is 1.30 bits per heavy atom. The molecule has 124 valence electrons. The Bertz CT molecular complexity index is 648. The van der Waals surface area contributed by atoms with Crippen LogP contribution in [0.1, 0.15) is 33.6 Å². The average molecular weight is 352 g/mol. The van der Waals surface area contributed by atoms with Crippen molar-refractivity contribution < 1.29 is 4.79 Å². The SMILES string of the molecule is Cc1ccc(C(=O)C2CCN(Cc3cnc(N)s3)CC2)cc1.Cl. The third-order valence-electron chi connectivity index (χ3n) is 4.25. The molecule has 2 heterocycles. The third kappa shape index (κ3) is 4.53. The number of piperidine rings is 1. The predicted octanol–water partition coefficient (Wildman–Crippen LogP) is 3.55. The van der Waals surface area contributed by atoms with Crippen LogP contribution < -0.4 is 5.73 Å². The van der Waals surface area contributed by atoms with Crippen LogP contribution in [0.5, 0.6) is 0 Å². The monoisotopic (exact) mass is 351 g/mol. The number of thiazole rings is 1. The minimum absolute atomic E-state index is 0. The molecule has 0 atom stereocenters. The molecule has 0 aliphatic carbocycles. The molecule has 4 nitrogen and oxygen atoms in total. The average Bonchev–Trinajstić information content (AvgIpc) is 2.93. The zero-order valence-electron chi connectivity index (χ0n) is 13.2. The standard InChI is InChI=1S/C17H21N3OS.ClH/c1-12-2-4-13(5-3-12)16(21)14-6-8-20(9-7-14)11-15-10-19-17(18)22-15;/h2-5,10,14H,6-9,11H2,1H3,(H2,18,19);1H. The second-order valence-electron chi connectivity index (χ2n) is 5.95. The van der Waals surface area contributed by atoms with Gasteiger partial charge in [-0.05, 0) is 32.9 Å². The van der Waals surface area contributed by atoms with Gasteiger partial charge in [-0.2, -0.15) is 0 Å². The van der Waals surface area contributed by atoms with E-state index in [0.717, 1.165) is 38.0 Å². The maximum atomic E-state index is 12.5. The van der Waals surface area contributed by atoms with Crippen LogP contribution in [-0.4, -0.2) is 28.8 Å². The molecule has 2 aromatic rings. The summed E-state index contributed by atoms with van der Waals surface area (Å²) in [4.78, 5) is 20.2. The lowest BCUT2D eigenvalue weighted by Gasteiger charge is -2.30. The maximum absolute atomic E-state index is 12.5. The van der Waals surface area contributed by atoms with Crippen molar-refractivity contribution >= 4 is 34.7 Å². The molecule has 1 aromatic carbocycles. The van der Waals surface area contributed by atoms with Crippen LogP contribution in [0.4, 0.5) is 5.13 Å². The number of likely N-dealkylation sites (tertiary alicyclic amines) is 1. The summed E-state index contributed by atoms with van der Waals surface area (Å²) in [6.07, 6.45) is 3.71. The van der Waals surface area contributed by atoms with Crippen LogP contribution in [0.2, 0.25) is 0 Å². The molecular formula is C17H22ClN3OS. The number of nitrogen functional groups attached to an aromatic ring is 1. The molecule has 1 saturated heterocycles. The molecule has 6 heteroatoms. The summed E-state index contributed by atoms with van der Waals surface area (Å²) < 4.78 is 0. The Morgan fingerprint density at radius 3 is 2.52 bits per heavy atom. The smallest absolute Gasteiger partial charge is 0.180 e. The summed E-state index contributed by atoms with van der Waals surface area (Å²) in [6, 6.07) is 7.92. The highest BCUT2D eigenvalue weighted by Crippen LogP contribution is 2.24. The number of nitrogens with zero attached hydrogens (tertiary/aromatic N) is 2. The Hall–Kier alpha value is -1.43. The third-order valence-corrected chi connectivity index (χ3v) is 5.06. The second kappa shape index (κ2) is 7.90. The first-order valence-electron chi connectivity index (χ1n) is 7.65. The van der Waals surface area contributed by atoms with Gasteiger partial charge >= 0.3 is 0 Å². The van der Waals surface area contributed by atoms with Gasteiger partial charge in [0.15, 0.2) is 10.9 Å². The van der Waals surface area contributed by atoms with E-state index in [1.54, 1.807) is 11.3 Å². The van der Waals surface area contributed by atoms with Gasteiger partial charge in [-0.3, -0.25) is 9.69 Å². The highest BCUT2D eigenvalue weighted by atomic mass is 35.5. The van der Waals surface area contributed by atoms with Crippen LogP contribution in [0.25, 0.3) is 0 Å². The highest BCUT2D eigenvalue weighted by Gasteiger charge is 2.25. The Kier molecular flexibility index (Phi) is 6.16. The zero-order chi connectivity index (χ0) is 15.5. The van der Waals surface area contributed by atoms with Crippen molar-refractivity contribution in [2.24, 2.45) is 5.92 Å². The molecule has 3 rings (SSSR count). The minimum atomic E-state index is 0. The molecule has 23 heavy (non-hydrogen) atoms. The number of carbonyl (C=O) groups is 1. The summed E-state index contributed by atoms with van der Waals surface area (Å²) in [6.45, 7) is 4.85. The van der Waals surface area contributed by atoms with E-state index in [9.17, 15) is 4.79 Å². The molecule has 1 aliphatic rings. The largest absolute Gasteiger partial charge is 0.375 e. The fourth-order valence-electron chi connectivity index (χ4n) is 2.92. The number of anilines is 1. The molecular weight excluding hydrogens is 330 g/mol. The molecule has 0 amide bonds. The van der Waals surface area contributed by atoms with Crippen molar-refractivity contribution in [1.82, 2.24) is 9.88 Å². The highest BCUT2D eigenvalue weighted by molar-refractivity contribution is 7.15. The van der Waals surface area contributed by atoms with E-state index >= 15 is 0 Å². The number of aryl methyl sites for hydroxylation is 1. The Labute approximate surface area is 147 Å². The topological polar surface area (TPSA) is 59.2 Å². The molecule has 0 bridgehead atoms. The Morgan fingerprint density at radius 2 is 1.96 bits per heavy atom. The first-order chi connectivity index (χ1) is 10.6. The minimum Gasteiger partial charge on any atom is -0.375 e. The van der Waals surface area contributed by atoms with Crippen LogP contribution in [-0.2, 0) is 6.54 Å². The predicted molar refractivity (Wildman–Crippen MR) is 97.3 cm³/mol. The van der Waals surface area contributed by atoms with Gasteiger partial charge in [0.1, 0.15) is 0 Å². The molecule has 1 aromatic heterocycles. The van der Waals surface area contributed by atoms with Crippen molar-refractivity contribution in [3.63, 3.8) is 0 Å². The van der Waals surface area contributed by atoms with Crippen LogP contribution in [0.15, 0.2) is 30.5 Å². The van der Waals surface area contributed by atoms with Gasteiger partial charge in [0.2, 0.25) is 0 Å². The van der Waals surface area contributed by atoms with Crippen LogP contribution >= 0.6 is 23.7 Å². The number of carbonyl (C=O) groups excluding carboxylic acids is 1. The lowest BCUT2D eigenvalue weighted by atomic mass is 9.88. The van der Waals surface area contributed by atoms with Gasteiger partial charge in [-0.1, -0.05) is 29.8 Å².